The van der Waals surface area contributed by atoms with Crippen molar-refractivity contribution in [3.63, 3.8) is 0 Å². The number of hydrogen-bond donors (Lipinski definition) is 1. The lowest BCUT2D eigenvalue weighted by molar-refractivity contribution is 0.0359. The summed E-state index contributed by atoms with van der Waals surface area (Å²) in [5, 5.41) is 3.49. The Morgan fingerprint density at radius 2 is 1.86 bits per heavy atom. The highest BCUT2D eigenvalue weighted by atomic mass is 19.1. The molecule has 3 aromatic heterocycles. The van der Waals surface area contributed by atoms with Crippen molar-refractivity contribution in [3.8, 4) is 5.75 Å². The molecular weight excluding hydrogens is 453 g/mol. The first kappa shape index (κ1) is 23.0. The summed E-state index contributed by atoms with van der Waals surface area (Å²) in [6.45, 7) is 4.30. The van der Waals surface area contributed by atoms with Gasteiger partial charge in [0, 0.05) is 31.9 Å². The summed E-state index contributed by atoms with van der Waals surface area (Å²) in [6.07, 6.45) is 1.66. The molecule has 10 heteroatoms. The topological polar surface area (TPSA) is 94.4 Å². The van der Waals surface area contributed by atoms with E-state index in [1.54, 1.807) is 12.3 Å². The van der Waals surface area contributed by atoms with Crippen LogP contribution in [0.4, 0.5) is 4.39 Å². The first-order chi connectivity index (χ1) is 17.1. The Kier molecular flexibility index (Phi) is 6.73. The highest BCUT2D eigenvalue weighted by Crippen LogP contribution is 2.18. The fraction of sp³-hybridized carbons (Fsp3) is 0.320. The van der Waals surface area contributed by atoms with E-state index in [1.165, 1.54) is 39.6 Å². The van der Waals surface area contributed by atoms with Gasteiger partial charge in [-0.3, -0.25) is 29.3 Å². The third-order valence-corrected chi connectivity index (χ3v) is 6.11. The SMILES string of the molecule is O=c1c2c(COc3ccc(F)cc3)n(Cc3ccccn3)c(=O)cc2[nH]n1CCN1CCOCC1. The van der Waals surface area contributed by atoms with Crippen LogP contribution in [0.5, 0.6) is 5.75 Å². The van der Waals surface area contributed by atoms with Crippen LogP contribution in [-0.4, -0.2) is 57.1 Å². The Hall–Kier alpha value is -3.76. The number of morpholine rings is 1. The number of aromatic nitrogens is 4. The predicted molar refractivity (Wildman–Crippen MR) is 128 cm³/mol. The minimum Gasteiger partial charge on any atom is -0.487 e. The lowest BCUT2D eigenvalue weighted by Gasteiger charge is -2.26. The second-order valence-corrected chi connectivity index (χ2v) is 8.39. The molecule has 0 aliphatic carbocycles. The van der Waals surface area contributed by atoms with Crippen LogP contribution in [0.25, 0.3) is 10.9 Å². The van der Waals surface area contributed by atoms with E-state index in [0.29, 0.717) is 54.3 Å². The van der Waals surface area contributed by atoms with Gasteiger partial charge in [-0.2, -0.15) is 0 Å². The van der Waals surface area contributed by atoms with Gasteiger partial charge in [0.1, 0.15) is 18.2 Å². The van der Waals surface area contributed by atoms with E-state index < -0.39 is 0 Å². The fourth-order valence-corrected chi connectivity index (χ4v) is 4.24. The molecule has 0 spiro atoms. The smallest absolute Gasteiger partial charge is 0.276 e. The van der Waals surface area contributed by atoms with Gasteiger partial charge in [0.15, 0.2) is 0 Å². The van der Waals surface area contributed by atoms with Crippen LogP contribution in [0.1, 0.15) is 11.4 Å². The number of hydrogen-bond acceptors (Lipinski definition) is 6. The molecule has 9 nitrogen and oxygen atoms in total. The van der Waals surface area contributed by atoms with E-state index in [1.807, 2.05) is 12.1 Å². The van der Waals surface area contributed by atoms with Gasteiger partial charge in [0.2, 0.25) is 0 Å². The number of benzene rings is 1. The van der Waals surface area contributed by atoms with E-state index in [-0.39, 0.29) is 30.1 Å². The van der Waals surface area contributed by atoms with Gasteiger partial charge in [-0.05, 0) is 36.4 Å². The predicted octanol–water partition coefficient (Wildman–Crippen LogP) is 1.98. The maximum atomic E-state index is 13.4. The van der Waals surface area contributed by atoms with Crippen LogP contribution in [0.15, 0.2) is 64.3 Å². The van der Waals surface area contributed by atoms with Crippen LogP contribution in [0, 0.1) is 5.82 Å². The van der Waals surface area contributed by atoms with Crippen molar-refractivity contribution in [3.05, 3.63) is 92.6 Å². The molecule has 0 amide bonds. The Morgan fingerprint density at radius 1 is 1.06 bits per heavy atom. The normalized spacial score (nSPS) is 14.4. The first-order valence-corrected chi connectivity index (χ1v) is 11.5. The van der Waals surface area contributed by atoms with Crippen molar-refractivity contribution in [2.45, 2.75) is 19.7 Å². The summed E-state index contributed by atoms with van der Waals surface area (Å²) in [5.74, 6) is 0.0590. The van der Waals surface area contributed by atoms with Gasteiger partial charge in [-0.1, -0.05) is 6.07 Å². The number of ether oxygens (including phenoxy) is 2. The van der Waals surface area contributed by atoms with Crippen molar-refractivity contribution in [1.82, 2.24) is 24.2 Å². The monoisotopic (exact) mass is 479 g/mol. The zero-order chi connectivity index (χ0) is 24.2. The highest BCUT2D eigenvalue weighted by molar-refractivity contribution is 5.80. The molecule has 35 heavy (non-hydrogen) atoms. The van der Waals surface area contributed by atoms with Crippen LogP contribution in [-0.2, 0) is 24.4 Å². The summed E-state index contributed by atoms with van der Waals surface area (Å²) in [6, 6.07) is 12.5. The fourth-order valence-electron chi connectivity index (χ4n) is 4.24. The quantitative estimate of drug-likeness (QED) is 0.415. The van der Waals surface area contributed by atoms with Gasteiger partial charge in [-0.25, -0.2) is 4.39 Å². The van der Waals surface area contributed by atoms with Gasteiger partial charge < -0.3 is 14.0 Å². The Bertz CT molecular complexity index is 1410. The lowest BCUT2D eigenvalue weighted by Crippen LogP contribution is -2.39. The van der Waals surface area contributed by atoms with Crippen molar-refractivity contribution in [2.75, 3.05) is 32.8 Å². The molecule has 0 bridgehead atoms. The molecule has 1 saturated heterocycles. The molecule has 1 fully saturated rings. The number of nitrogens with one attached hydrogen (secondary N) is 1. The lowest BCUT2D eigenvalue weighted by atomic mass is 10.2. The number of nitrogens with zero attached hydrogens (tertiary/aromatic N) is 4. The van der Waals surface area contributed by atoms with Crippen LogP contribution in [0.3, 0.4) is 0 Å². The number of rotatable bonds is 8. The number of halogens is 1. The summed E-state index contributed by atoms with van der Waals surface area (Å²) < 4.78 is 27.6. The van der Waals surface area contributed by atoms with E-state index in [4.69, 9.17) is 9.47 Å². The number of H-pyrrole nitrogens is 1. The standard InChI is InChI=1S/C25H26FN5O4/c26-18-4-6-20(7-5-18)35-17-22-24-21(15-23(32)30(22)16-19-3-1-2-8-27-19)28-31(25(24)33)10-9-29-11-13-34-14-12-29/h1-8,15,28H,9-14,16-17H2. The molecule has 0 saturated carbocycles. The molecule has 182 valence electrons. The molecule has 1 aromatic carbocycles. The first-order valence-electron chi connectivity index (χ1n) is 11.5. The van der Waals surface area contributed by atoms with Gasteiger partial charge in [-0.15, -0.1) is 0 Å². The van der Waals surface area contributed by atoms with Crippen molar-refractivity contribution < 1.29 is 13.9 Å². The summed E-state index contributed by atoms with van der Waals surface area (Å²) in [7, 11) is 0. The molecule has 0 atom stereocenters. The minimum atomic E-state index is -0.375. The van der Waals surface area contributed by atoms with Gasteiger partial charge in [0.05, 0.1) is 48.6 Å². The second-order valence-electron chi connectivity index (χ2n) is 8.39. The Morgan fingerprint density at radius 3 is 2.60 bits per heavy atom. The number of fused-ring (bicyclic) bond motifs is 1. The molecule has 4 aromatic rings. The maximum absolute atomic E-state index is 13.4. The molecule has 0 unspecified atom stereocenters. The third-order valence-electron chi connectivity index (χ3n) is 6.11. The summed E-state index contributed by atoms with van der Waals surface area (Å²) in [5.41, 5.74) is 1.08. The molecule has 1 aliphatic heterocycles. The third kappa shape index (κ3) is 5.18. The van der Waals surface area contributed by atoms with E-state index in [2.05, 4.69) is 15.0 Å². The number of pyridine rings is 2. The minimum absolute atomic E-state index is 0.0401. The van der Waals surface area contributed by atoms with Crippen LogP contribution < -0.4 is 15.9 Å². The molecule has 4 heterocycles. The summed E-state index contributed by atoms with van der Waals surface area (Å²) in [4.78, 5) is 33.1. The molecule has 1 N–H and O–H groups in total. The molecule has 5 rings (SSSR count). The van der Waals surface area contributed by atoms with E-state index in [0.717, 1.165) is 13.1 Å². The zero-order valence-corrected chi connectivity index (χ0v) is 19.2. The molecule has 1 aliphatic rings. The average molecular weight is 480 g/mol. The summed E-state index contributed by atoms with van der Waals surface area (Å²) >= 11 is 0. The average Bonchev–Trinajstić information content (AvgIpc) is 3.19. The van der Waals surface area contributed by atoms with E-state index >= 15 is 0 Å². The van der Waals surface area contributed by atoms with Gasteiger partial charge >= 0.3 is 0 Å². The molecule has 0 radical (unpaired) electrons. The Balaban J connectivity index is 1.52. The second kappa shape index (κ2) is 10.2. The van der Waals surface area contributed by atoms with E-state index in [9.17, 15) is 14.0 Å². The van der Waals surface area contributed by atoms with Crippen molar-refractivity contribution >= 4 is 10.9 Å². The largest absolute Gasteiger partial charge is 0.487 e. The van der Waals surface area contributed by atoms with Gasteiger partial charge in [0.25, 0.3) is 11.1 Å². The van der Waals surface area contributed by atoms with Crippen LogP contribution in [0.2, 0.25) is 0 Å². The number of aromatic amines is 1. The Labute approximate surface area is 200 Å². The zero-order valence-electron chi connectivity index (χ0n) is 19.2. The maximum Gasteiger partial charge on any atom is 0.276 e. The highest BCUT2D eigenvalue weighted by Gasteiger charge is 2.19. The van der Waals surface area contributed by atoms with Crippen molar-refractivity contribution in [1.29, 1.82) is 0 Å². The van der Waals surface area contributed by atoms with Crippen molar-refractivity contribution in [2.24, 2.45) is 0 Å². The molecular formula is C25H26FN5O4. The van der Waals surface area contributed by atoms with Crippen LogP contribution >= 0.6 is 0 Å².